The van der Waals surface area contributed by atoms with E-state index in [0.717, 1.165) is 25.7 Å². The molecule has 102 valence electrons. The van der Waals surface area contributed by atoms with E-state index < -0.39 is 5.97 Å². The zero-order valence-corrected chi connectivity index (χ0v) is 11.8. The summed E-state index contributed by atoms with van der Waals surface area (Å²) in [5.74, 6) is -0.866. The van der Waals surface area contributed by atoms with Gasteiger partial charge in [0.05, 0.1) is 11.5 Å². The van der Waals surface area contributed by atoms with Crippen molar-refractivity contribution < 1.29 is 14.6 Å². The van der Waals surface area contributed by atoms with Crippen molar-refractivity contribution in [3.05, 3.63) is 0 Å². The molecule has 0 aliphatic rings. The van der Waals surface area contributed by atoms with E-state index in [0.29, 0.717) is 0 Å². The van der Waals surface area contributed by atoms with Crippen LogP contribution in [0.2, 0.25) is 0 Å². The van der Waals surface area contributed by atoms with Crippen molar-refractivity contribution in [2.24, 2.45) is 5.92 Å². The number of hydrogen-bond donors (Lipinski definition) is 1. The van der Waals surface area contributed by atoms with E-state index in [-0.39, 0.29) is 11.5 Å². The van der Waals surface area contributed by atoms with Crippen molar-refractivity contribution in [3.8, 4) is 0 Å². The van der Waals surface area contributed by atoms with Crippen LogP contribution in [0.5, 0.6) is 0 Å². The van der Waals surface area contributed by atoms with Crippen LogP contribution < -0.4 is 0 Å². The quantitative estimate of drug-likeness (QED) is 0.593. The highest BCUT2D eigenvalue weighted by atomic mass is 16.5. The van der Waals surface area contributed by atoms with Crippen LogP contribution in [0.3, 0.4) is 0 Å². The van der Waals surface area contributed by atoms with Crippen molar-refractivity contribution in [3.63, 3.8) is 0 Å². The summed E-state index contributed by atoms with van der Waals surface area (Å²) in [6, 6.07) is 0. The molecular weight excluding hydrogens is 216 g/mol. The molecule has 0 radical (unpaired) electrons. The van der Waals surface area contributed by atoms with Gasteiger partial charge in [0.2, 0.25) is 0 Å². The van der Waals surface area contributed by atoms with E-state index in [9.17, 15) is 4.79 Å². The number of ether oxygens (including phenoxy) is 1. The molecule has 17 heavy (non-hydrogen) atoms. The Morgan fingerprint density at radius 1 is 1.18 bits per heavy atom. The Morgan fingerprint density at radius 2 is 1.71 bits per heavy atom. The molecule has 0 aromatic heterocycles. The van der Waals surface area contributed by atoms with Crippen LogP contribution in [0.25, 0.3) is 0 Å². The van der Waals surface area contributed by atoms with E-state index in [1.165, 1.54) is 19.3 Å². The molecule has 0 aliphatic carbocycles. The van der Waals surface area contributed by atoms with Gasteiger partial charge < -0.3 is 9.84 Å². The minimum absolute atomic E-state index is 0.00216. The van der Waals surface area contributed by atoms with Crippen LogP contribution >= 0.6 is 0 Å². The Balaban J connectivity index is 3.33. The SMILES string of the molecule is COC(C)(C)CCCCCCCC(C)C(=O)O. The van der Waals surface area contributed by atoms with Gasteiger partial charge in [-0.3, -0.25) is 4.79 Å². The molecular formula is C14H28O3. The van der Waals surface area contributed by atoms with Gasteiger partial charge in [0, 0.05) is 7.11 Å². The van der Waals surface area contributed by atoms with Gasteiger partial charge in [-0.05, 0) is 26.7 Å². The van der Waals surface area contributed by atoms with E-state index in [4.69, 9.17) is 9.84 Å². The van der Waals surface area contributed by atoms with Crippen LogP contribution in [-0.4, -0.2) is 23.8 Å². The van der Waals surface area contributed by atoms with Gasteiger partial charge >= 0.3 is 5.97 Å². The number of hydrogen-bond acceptors (Lipinski definition) is 2. The molecule has 3 nitrogen and oxygen atoms in total. The lowest BCUT2D eigenvalue weighted by atomic mass is 9.98. The number of carbonyl (C=O) groups is 1. The summed E-state index contributed by atoms with van der Waals surface area (Å²) in [6.45, 7) is 6.01. The van der Waals surface area contributed by atoms with E-state index in [1.807, 2.05) is 0 Å². The lowest BCUT2D eigenvalue weighted by molar-refractivity contribution is -0.141. The smallest absolute Gasteiger partial charge is 0.306 e. The van der Waals surface area contributed by atoms with Crippen LogP contribution in [0, 0.1) is 5.92 Å². The summed E-state index contributed by atoms with van der Waals surface area (Å²) in [5.41, 5.74) is -0.00216. The highest BCUT2D eigenvalue weighted by Gasteiger charge is 2.15. The molecule has 0 aliphatic heterocycles. The monoisotopic (exact) mass is 244 g/mol. The molecule has 0 amide bonds. The van der Waals surface area contributed by atoms with E-state index in [2.05, 4.69) is 13.8 Å². The predicted molar refractivity (Wildman–Crippen MR) is 70.2 cm³/mol. The first kappa shape index (κ1) is 16.4. The fraction of sp³-hybridized carbons (Fsp3) is 0.929. The fourth-order valence-electron chi connectivity index (χ4n) is 1.76. The molecule has 1 atom stereocenters. The second-order valence-electron chi connectivity index (χ2n) is 5.51. The van der Waals surface area contributed by atoms with Crippen molar-refractivity contribution in [2.75, 3.05) is 7.11 Å². The maximum absolute atomic E-state index is 10.6. The number of aliphatic carboxylic acids is 1. The zero-order chi connectivity index (χ0) is 13.3. The van der Waals surface area contributed by atoms with Crippen LogP contribution in [0.4, 0.5) is 0 Å². The molecule has 0 saturated heterocycles. The van der Waals surface area contributed by atoms with Gasteiger partial charge in [-0.25, -0.2) is 0 Å². The van der Waals surface area contributed by atoms with Crippen LogP contribution in [0.1, 0.15) is 65.7 Å². The highest BCUT2D eigenvalue weighted by Crippen LogP contribution is 2.18. The Kier molecular flexibility index (Phi) is 8.23. The van der Waals surface area contributed by atoms with Gasteiger partial charge in [-0.15, -0.1) is 0 Å². The molecule has 0 heterocycles. The standard InChI is InChI=1S/C14H28O3/c1-12(13(15)16)10-8-6-5-7-9-11-14(2,3)17-4/h12H,5-11H2,1-4H3,(H,15,16). The first-order valence-electron chi connectivity index (χ1n) is 6.67. The second-order valence-corrected chi connectivity index (χ2v) is 5.51. The summed E-state index contributed by atoms with van der Waals surface area (Å²) >= 11 is 0. The zero-order valence-electron chi connectivity index (χ0n) is 11.8. The Bertz CT molecular complexity index is 212. The van der Waals surface area contributed by atoms with Gasteiger partial charge in [0.25, 0.3) is 0 Å². The van der Waals surface area contributed by atoms with E-state index >= 15 is 0 Å². The number of unbranched alkanes of at least 4 members (excludes halogenated alkanes) is 4. The summed E-state index contributed by atoms with van der Waals surface area (Å²) in [7, 11) is 1.76. The third-order valence-electron chi connectivity index (χ3n) is 3.39. The van der Waals surface area contributed by atoms with E-state index in [1.54, 1.807) is 14.0 Å². The summed E-state index contributed by atoms with van der Waals surface area (Å²) < 4.78 is 5.36. The Hall–Kier alpha value is -0.570. The largest absolute Gasteiger partial charge is 0.481 e. The van der Waals surface area contributed by atoms with Gasteiger partial charge in [-0.1, -0.05) is 39.0 Å². The van der Waals surface area contributed by atoms with Gasteiger partial charge in [0.1, 0.15) is 0 Å². The maximum atomic E-state index is 10.6. The Morgan fingerprint density at radius 3 is 2.24 bits per heavy atom. The predicted octanol–water partition coefficient (Wildman–Crippen LogP) is 3.86. The lowest BCUT2D eigenvalue weighted by Crippen LogP contribution is -2.21. The Labute approximate surface area is 106 Å². The molecule has 0 bridgehead atoms. The third-order valence-corrected chi connectivity index (χ3v) is 3.39. The minimum Gasteiger partial charge on any atom is -0.481 e. The molecule has 0 aromatic rings. The summed E-state index contributed by atoms with van der Waals surface area (Å²) in [6.07, 6.45) is 7.68. The average Bonchev–Trinajstić information content (AvgIpc) is 2.27. The second kappa shape index (κ2) is 8.51. The molecule has 0 rings (SSSR count). The lowest BCUT2D eigenvalue weighted by Gasteiger charge is -2.22. The number of rotatable bonds is 10. The molecule has 0 spiro atoms. The number of carboxylic acids is 1. The molecule has 1 N–H and O–H groups in total. The average molecular weight is 244 g/mol. The van der Waals surface area contributed by atoms with Gasteiger partial charge in [0.15, 0.2) is 0 Å². The van der Waals surface area contributed by atoms with Crippen LogP contribution in [0.15, 0.2) is 0 Å². The molecule has 0 aromatic carbocycles. The summed E-state index contributed by atoms with van der Waals surface area (Å²) in [5, 5.41) is 8.73. The first-order chi connectivity index (χ1) is 7.89. The first-order valence-corrected chi connectivity index (χ1v) is 6.67. The topological polar surface area (TPSA) is 46.5 Å². The van der Waals surface area contributed by atoms with Gasteiger partial charge in [-0.2, -0.15) is 0 Å². The molecule has 3 heteroatoms. The third kappa shape index (κ3) is 9.16. The number of methoxy groups -OCH3 is 1. The van der Waals surface area contributed by atoms with Crippen molar-refractivity contribution in [2.45, 2.75) is 71.3 Å². The fourth-order valence-corrected chi connectivity index (χ4v) is 1.76. The molecule has 0 saturated carbocycles. The van der Waals surface area contributed by atoms with Crippen LogP contribution in [-0.2, 0) is 9.53 Å². The molecule has 1 unspecified atom stereocenters. The minimum atomic E-state index is -0.674. The molecule has 0 fully saturated rings. The summed E-state index contributed by atoms with van der Waals surface area (Å²) in [4.78, 5) is 10.6. The maximum Gasteiger partial charge on any atom is 0.306 e. The van der Waals surface area contributed by atoms with Crippen molar-refractivity contribution >= 4 is 5.97 Å². The van der Waals surface area contributed by atoms with Crippen molar-refractivity contribution in [1.82, 2.24) is 0 Å². The van der Waals surface area contributed by atoms with Crippen molar-refractivity contribution in [1.29, 1.82) is 0 Å². The number of carboxylic acid groups (broad SMARTS) is 1. The highest BCUT2D eigenvalue weighted by molar-refractivity contribution is 5.69. The normalized spacial score (nSPS) is 13.6.